The van der Waals surface area contributed by atoms with E-state index >= 15 is 0 Å². The van der Waals surface area contributed by atoms with E-state index in [2.05, 4.69) is 9.97 Å². The van der Waals surface area contributed by atoms with Gasteiger partial charge in [-0.05, 0) is 42.5 Å². The van der Waals surface area contributed by atoms with E-state index in [1.54, 1.807) is 24.4 Å². The smallest absolute Gasteiger partial charge is 0.234 e. The third kappa shape index (κ3) is 4.24. The summed E-state index contributed by atoms with van der Waals surface area (Å²) in [5, 5.41) is 0.183. The van der Waals surface area contributed by atoms with Gasteiger partial charge in [-0.1, -0.05) is 17.4 Å². The average Bonchev–Trinajstić information content (AvgIpc) is 3.42. The van der Waals surface area contributed by atoms with E-state index < -0.39 is 23.4 Å². The molecule has 0 spiro atoms. The number of anilines is 2. The third-order valence-corrected chi connectivity index (χ3v) is 6.58. The molecule has 1 atom stereocenters. The highest BCUT2D eigenvalue weighted by atomic mass is 32.1. The predicted octanol–water partition coefficient (Wildman–Crippen LogP) is 4.69. The van der Waals surface area contributed by atoms with Crippen molar-refractivity contribution >= 4 is 44.2 Å². The van der Waals surface area contributed by atoms with Crippen LogP contribution in [-0.4, -0.2) is 28.3 Å². The Balaban J connectivity index is 1.48. The van der Waals surface area contributed by atoms with Gasteiger partial charge in [-0.2, -0.15) is 0 Å². The van der Waals surface area contributed by atoms with E-state index in [1.807, 2.05) is 0 Å². The Bertz CT molecular complexity index is 1380. The molecule has 5 rings (SSSR count). The Labute approximate surface area is 196 Å². The average molecular weight is 482 g/mol. The topological polar surface area (TPSA) is 66.4 Å². The number of hydrogen-bond acceptors (Lipinski definition) is 5. The van der Waals surface area contributed by atoms with E-state index in [1.165, 1.54) is 40.1 Å². The molecule has 1 aliphatic rings. The summed E-state index contributed by atoms with van der Waals surface area (Å²) >= 11 is 0.986. The normalized spacial score (nSPS) is 15.8. The van der Waals surface area contributed by atoms with Crippen molar-refractivity contribution in [2.75, 3.05) is 16.3 Å². The molecule has 2 aromatic heterocycles. The molecular weight excluding hydrogens is 465 g/mol. The van der Waals surface area contributed by atoms with Crippen LogP contribution in [0.25, 0.3) is 10.2 Å². The monoisotopic (exact) mass is 482 g/mol. The van der Waals surface area contributed by atoms with Gasteiger partial charge in [0, 0.05) is 30.9 Å². The standard InChI is InChI=1S/C24H17F3N4O2S/c25-15-4-6-18(7-5-15)30-12-14(9-21(30)32)23(33)31(13-17-3-1-2-8-28-17)24-29-22-19(27)10-16(26)11-20(22)34-24/h1-8,10-11,14H,9,12-13H2. The summed E-state index contributed by atoms with van der Waals surface area (Å²) in [6.45, 7) is 0.154. The molecule has 1 saturated heterocycles. The van der Waals surface area contributed by atoms with Crippen LogP contribution in [0.4, 0.5) is 24.0 Å². The van der Waals surface area contributed by atoms with Gasteiger partial charge in [0.15, 0.2) is 10.9 Å². The van der Waals surface area contributed by atoms with Crippen LogP contribution in [0.15, 0.2) is 60.8 Å². The molecule has 4 aromatic rings. The zero-order chi connectivity index (χ0) is 23.8. The molecule has 3 heterocycles. The molecule has 2 amide bonds. The zero-order valence-electron chi connectivity index (χ0n) is 17.6. The first-order valence-corrected chi connectivity index (χ1v) is 11.2. The molecular formula is C24H17F3N4O2S. The lowest BCUT2D eigenvalue weighted by atomic mass is 10.1. The van der Waals surface area contributed by atoms with Crippen molar-refractivity contribution in [1.29, 1.82) is 0 Å². The van der Waals surface area contributed by atoms with E-state index in [4.69, 9.17) is 0 Å². The molecule has 1 aliphatic heterocycles. The fourth-order valence-corrected chi connectivity index (χ4v) is 4.93. The van der Waals surface area contributed by atoms with Crippen molar-refractivity contribution in [2.24, 2.45) is 5.92 Å². The van der Waals surface area contributed by atoms with Crippen LogP contribution in [0.3, 0.4) is 0 Å². The Kier molecular flexibility index (Phi) is 5.74. The molecule has 172 valence electrons. The number of rotatable bonds is 5. The van der Waals surface area contributed by atoms with Gasteiger partial charge < -0.3 is 4.90 Å². The number of carbonyl (C=O) groups excluding carboxylic acids is 2. The van der Waals surface area contributed by atoms with Crippen molar-refractivity contribution in [1.82, 2.24) is 9.97 Å². The first-order valence-electron chi connectivity index (χ1n) is 10.4. The van der Waals surface area contributed by atoms with Gasteiger partial charge in [0.25, 0.3) is 0 Å². The van der Waals surface area contributed by atoms with Crippen LogP contribution in [0.1, 0.15) is 12.1 Å². The molecule has 34 heavy (non-hydrogen) atoms. The van der Waals surface area contributed by atoms with Crippen molar-refractivity contribution in [2.45, 2.75) is 13.0 Å². The Morgan fingerprint density at radius 2 is 1.88 bits per heavy atom. The Morgan fingerprint density at radius 3 is 2.62 bits per heavy atom. The summed E-state index contributed by atoms with van der Waals surface area (Å²) in [6.07, 6.45) is 1.55. The van der Waals surface area contributed by atoms with E-state index in [9.17, 15) is 22.8 Å². The second kappa shape index (κ2) is 8.86. The number of halogens is 3. The zero-order valence-corrected chi connectivity index (χ0v) is 18.4. The third-order valence-electron chi connectivity index (χ3n) is 5.56. The molecule has 6 nitrogen and oxygen atoms in total. The largest absolute Gasteiger partial charge is 0.312 e. The summed E-state index contributed by atoms with van der Waals surface area (Å²) in [6, 6.07) is 12.6. The van der Waals surface area contributed by atoms with Gasteiger partial charge in [0.2, 0.25) is 11.8 Å². The maximum absolute atomic E-state index is 14.3. The highest BCUT2D eigenvalue weighted by Gasteiger charge is 2.38. The summed E-state index contributed by atoms with van der Waals surface area (Å²) in [7, 11) is 0. The highest BCUT2D eigenvalue weighted by molar-refractivity contribution is 7.22. The molecule has 0 radical (unpaired) electrons. The van der Waals surface area contributed by atoms with Crippen molar-refractivity contribution in [3.05, 3.63) is 83.9 Å². The van der Waals surface area contributed by atoms with Crippen molar-refractivity contribution in [3.63, 3.8) is 0 Å². The van der Waals surface area contributed by atoms with Gasteiger partial charge in [-0.15, -0.1) is 0 Å². The van der Waals surface area contributed by atoms with Crippen molar-refractivity contribution < 1.29 is 22.8 Å². The number of pyridine rings is 1. The minimum Gasteiger partial charge on any atom is -0.312 e. The fraction of sp³-hybridized carbons (Fsp3) is 0.167. The molecule has 2 aromatic carbocycles. The molecule has 10 heteroatoms. The lowest BCUT2D eigenvalue weighted by molar-refractivity contribution is -0.124. The maximum Gasteiger partial charge on any atom is 0.234 e. The predicted molar refractivity (Wildman–Crippen MR) is 122 cm³/mol. The summed E-state index contributed by atoms with van der Waals surface area (Å²) in [5.74, 6) is -3.33. The molecule has 0 saturated carbocycles. The SMILES string of the molecule is O=C1CC(C(=O)N(Cc2ccccn2)c2nc3c(F)cc(F)cc3s2)CN1c1ccc(F)cc1. The van der Waals surface area contributed by atoms with E-state index in [-0.39, 0.29) is 46.7 Å². The lowest BCUT2D eigenvalue weighted by Crippen LogP contribution is -2.37. The fourth-order valence-electron chi connectivity index (χ4n) is 3.92. The quantitative estimate of drug-likeness (QED) is 0.414. The molecule has 1 fully saturated rings. The van der Waals surface area contributed by atoms with Gasteiger partial charge >= 0.3 is 0 Å². The van der Waals surface area contributed by atoms with Crippen LogP contribution in [-0.2, 0) is 16.1 Å². The van der Waals surface area contributed by atoms with Crippen molar-refractivity contribution in [3.8, 4) is 0 Å². The first-order chi connectivity index (χ1) is 16.4. The highest BCUT2D eigenvalue weighted by Crippen LogP contribution is 2.34. The summed E-state index contributed by atoms with van der Waals surface area (Å²) in [5.41, 5.74) is 1.03. The van der Waals surface area contributed by atoms with Crippen LogP contribution >= 0.6 is 11.3 Å². The summed E-state index contributed by atoms with van der Waals surface area (Å²) in [4.78, 5) is 37.6. The Morgan fingerprint density at radius 1 is 1.09 bits per heavy atom. The number of carbonyl (C=O) groups is 2. The minimum absolute atomic E-state index is 0.0318. The second-order valence-electron chi connectivity index (χ2n) is 7.86. The number of amides is 2. The van der Waals surface area contributed by atoms with Crippen LogP contribution in [0.2, 0.25) is 0 Å². The molecule has 0 bridgehead atoms. The second-order valence-corrected chi connectivity index (χ2v) is 8.87. The molecule has 1 unspecified atom stereocenters. The van der Waals surface area contributed by atoms with Crippen LogP contribution in [0.5, 0.6) is 0 Å². The van der Waals surface area contributed by atoms with Gasteiger partial charge in [0.1, 0.15) is 17.2 Å². The van der Waals surface area contributed by atoms with E-state index in [0.29, 0.717) is 11.4 Å². The first kappa shape index (κ1) is 22.0. The van der Waals surface area contributed by atoms with Gasteiger partial charge in [-0.25, -0.2) is 18.2 Å². The molecule has 0 aliphatic carbocycles. The minimum atomic E-state index is -0.818. The Hall–Kier alpha value is -3.79. The number of thiazole rings is 1. The summed E-state index contributed by atoms with van der Waals surface area (Å²) < 4.78 is 41.6. The maximum atomic E-state index is 14.3. The number of aromatic nitrogens is 2. The number of benzene rings is 2. The van der Waals surface area contributed by atoms with Gasteiger partial charge in [0.05, 0.1) is 22.9 Å². The number of nitrogens with zero attached hydrogens (tertiary/aromatic N) is 4. The number of fused-ring (bicyclic) bond motifs is 1. The number of hydrogen-bond donors (Lipinski definition) is 0. The lowest BCUT2D eigenvalue weighted by Gasteiger charge is -2.23. The van der Waals surface area contributed by atoms with E-state index in [0.717, 1.165) is 17.4 Å². The molecule has 0 N–H and O–H groups in total. The van der Waals surface area contributed by atoms with Gasteiger partial charge in [-0.3, -0.25) is 19.5 Å². The van der Waals surface area contributed by atoms with Crippen LogP contribution < -0.4 is 9.80 Å². The van der Waals surface area contributed by atoms with Crippen LogP contribution in [0, 0.1) is 23.4 Å².